The zero-order valence-corrected chi connectivity index (χ0v) is 26.9. The van der Waals surface area contributed by atoms with E-state index in [0.29, 0.717) is 0 Å². The highest BCUT2D eigenvalue weighted by molar-refractivity contribution is 7.42. The Morgan fingerprint density at radius 2 is 1.05 bits per heavy atom. The molecule has 1 heterocycles. The largest absolute Gasteiger partial charge is 0.463 e. The van der Waals surface area contributed by atoms with Crippen LogP contribution in [0.15, 0.2) is 24.3 Å². The van der Waals surface area contributed by atoms with E-state index in [2.05, 4.69) is 121 Å². The third-order valence-electron chi connectivity index (χ3n) is 7.23. The summed E-state index contributed by atoms with van der Waals surface area (Å²) in [4.78, 5) is 0. The molecule has 0 saturated carbocycles. The molecule has 0 amide bonds. The van der Waals surface area contributed by atoms with Crippen molar-refractivity contribution >= 4 is 8.60 Å². The predicted molar refractivity (Wildman–Crippen MR) is 160 cm³/mol. The Bertz CT molecular complexity index is 1040. The van der Waals surface area contributed by atoms with Gasteiger partial charge in [-0.1, -0.05) is 114 Å². The third-order valence-corrected chi connectivity index (χ3v) is 8.43. The maximum Gasteiger partial charge on any atom is 0.463 e. The summed E-state index contributed by atoms with van der Waals surface area (Å²) in [6, 6.07) is 9.39. The van der Waals surface area contributed by atoms with Gasteiger partial charge < -0.3 is 9.05 Å². The zero-order chi connectivity index (χ0) is 28.1. The van der Waals surface area contributed by atoms with Gasteiger partial charge in [0.2, 0.25) is 0 Å². The molecule has 2 aromatic carbocycles. The van der Waals surface area contributed by atoms with E-state index in [9.17, 15) is 0 Å². The highest BCUT2D eigenvalue weighted by Gasteiger charge is 2.35. The molecule has 3 rings (SSSR count). The Morgan fingerprint density at radius 3 is 1.35 bits per heavy atom. The number of hydrogen-bond acceptors (Lipinski definition) is 3. The van der Waals surface area contributed by atoms with Gasteiger partial charge in [0, 0.05) is 17.5 Å². The number of rotatable bonds is 3. The van der Waals surface area contributed by atoms with Crippen LogP contribution in [-0.4, -0.2) is 6.10 Å². The maximum atomic E-state index is 6.78. The van der Waals surface area contributed by atoms with Crippen molar-refractivity contribution in [3.05, 3.63) is 57.6 Å². The van der Waals surface area contributed by atoms with Gasteiger partial charge in [0.15, 0.2) is 0 Å². The van der Waals surface area contributed by atoms with E-state index >= 15 is 0 Å². The van der Waals surface area contributed by atoms with Crippen LogP contribution in [0, 0.1) is 0 Å². The quantitative estimate of drug-likeness (QED) is 0.372. The molecule has 0 radical (unpaired) electrons. The summed E-state index contributed by atoms with van der Waals surface area (Å²) < 4.78 is 20.0. The van der Waals surface area contributed by atoms with Gasteiger partial charge >= 0.3 is 8.60 Å². The summed E-state index contributed by atoms with van der Waals surface area (Å²) in [6.45, 7) is 31.5. The SMILES string of the molecule is CC[C@H](C)OP1Oc2c(cc(C(C)(C)C)cc2C(C)(C)C)Cc2cc(C(C)(C)C)cc(C(C)(C)C)c2O1. The molecule has 3 nitrogen and oxygen atoms in total. The second kappa shape index (κ2) is 10.2. The van der Waals surface area contributed by atoms with Crippen molar-refractivity contribution < 1.29 is 13.6 Å². The van der Waals surface area contributed by atoms with Crippen LogP contribution in [0.3, 0.4) is 0 Å². The number of benzene rings is 2. The predicted octanol–water partition coefficient (Wildman–Crippen LogP) is 10.3. The van der Waals surface area contributed by atoms with Gasteiger partial charge in [-0.3, -0.25) is 4.52 Å². The van der Waals surface area contributed by atoms with Crippen molar-refractivity contribution in [2.24, 2.45) is 0 Å². The standard InChI is InChI=1S/C33H51O3P/c1-15-21(2)34-37-35-28-22(17-24(30(3,4)5)19-26(28)32(9,10)11)16-23-18-25(31(6,7)8)20-27(29(23)36-37)33(12,13)14/h17-21H,15-16H2,1-14H3/t21-/m0/s1. The smallest absolute Gasteiger partial charge is 0.417 e. The van der Waals surface area contributed by atoms with Gasteiger partial charge in [0.05, 0.1) is 6.10 Å². The lowest BCUT2D eigenvalue weighted by Crippen LogP contribution is -2.22. The van der Waals surface area contributed by atoms with Gasteiger partial charge in [-0.05, 0) is 57.3 Å². The Morgan fingerprint density at radius 1 is 0.676 bits per heavy atom. The van der Waals surface area contributed by atoms with Gasteiger partial charge in [-0.25, -0.2) is 0 Å². The van der Waals surface area contributed by atoms with Crippen molar-refractivity contribution in [1.82, 2.24) is 0 Å². The minimum atomic E-state index is -1.64. The van der Waals surface area contributed by atoms with Gasteiger partial charge in [0.1, 0.15) is 11.5 Å². The minimum absolute atomic E-state index is 0.0263. The average Bonchev–Trinajstić information content (AvgIpc) is 2.70. The summed E-state index contributed by atoms with van der Waals surface area (Å²) in [5.41, 5.74) is 7.40. The van der Waals surface area contributed by atoms with Gasteiger partial charge in [-0.2, -0.15) is 0 Å². The van der Waals surface area contributed by atoms with E-state index < -0.39 is 8.60 Å². The molecule has 2 aromatic rings. The lowest BCUT2D eigenvalue weighted by atomic mass is 9.76. The van der Waals surface area contributed by atoms with E-state index in [1.165, 1.54) is 33.4 Å². The van der Waals surface area contributed by atoms with Crippen LogP contribution >= 0.6 is 8.60 Å². The van der Waals surface area contributed by atoms with Crippen LogP contribution in [0.1, 0.15) is 137 Å². The second-order valence-electron chi connectivity index (χ2n) is 14.9. The van der Waals surface area contributed by atoms with E-state index in [-0.39, 0.29) is 27.8 Å². The average molecular weight is 527 g/mol. The van der Waals surface area contributed by atoms with Crippen LogP contribution < -0.4 is 9.05 Å². The molecule has 0 spiro atoms. The Balaban J connectivity index is 2.40. The maximum absolute atomic E-state index is 6.78. The van der Waals surface area contributed by atoms with Crippen molar-refractivity contribution in [2.75, 3.05) is 0 Å². The Kier molecular flexibility index (Phi) is 8.26. The molecule has 1 aliphatic rings. The lowest BCUT2D eigenvalue weighted by molar-refractivity contribution is 0.187. The van der Waals surface area contributed by atoms with Crippen LogP contribution in [0.2, 0.25) is 0 Å². The fraction of sp³-hybridized carbons (Fsp3) is 0.636. The first kappa shape index (κ1) is 30.0. The molecule has 4 heteroatoms. The highest BCUT2D eigenvalue weighted by atomic mass is 31.2. The molecule has 0 unspecified atom stereocenters. The second-order valence-corrected chi connectivity index (χ2v) is 16.0. The van der Waals surface area contributed by atoms with E-state index in [1.807, 2.05) is 0 Å². The van der Waals surface area contributed by atoms with Crippen LogP contribution in [0.25, 0.3) is 0 Å². The molecule has 0 bridgehead atoms. The summed E-state index contributed by atoms with van der Waals surface area (Å²) in [7, 11) is -1.64. The van der Waals surface area contributed by atoms with E-state index in [0.717, 1.165) is 24.3 Å². The monoisotopic (exact) mass is 526 g/mol. The molecule has 37 heavy (non-hydrogen) atoms. The molecule has 0 aromatic heterocycles. The topological polar surface area (TPSA) is 27.7 Å². The van der Waals surface area contributed by atoms with Crippen LogP contribution in [-0.2, 0) is 32.6 Å². The molecular weight excluding hydrogens is 475 g/mol. The molecule has 1 aliphatic heterocycles. The lowest BCUT2D eigenvalue weighted by Gasteiger charge is -2.35. The van der Waals surface area contributed by atoms with Crippen molar-refractivity contribution in [2.45, 2.75) is 138 Å². The first-order valence-electron chi connectivity index (χ1n) is 13.9. The van der Waals surface area contributed by atoms with E-state index in [4.69, 9.17) is 13.6 Å². The van der Waals surface area contributed by atoms with Gasteiger partial charge in [0.25, 0.3) is 0 Å². The highest BCUT2D eigenvalue weighted by Crippen LogP contribution is 2.53. The first-order valence-corrected chi connectivity index (χ1v) is 15.0. The summed E-state index contributed by atoms with van der Waals surface area (Å²) in [5.74, 6) is 1.86. The van der Waals surface area contributed by atoms with Crippen molar-refractivity contribution in [3.8, 4) is 11.5 Å². The fourth-order valence-corrected chi connectivity index (χ4v) is 5.77. The number of hydrogen-bond donors (Lipinski definition) is 0. The summed E-state index contributed by atoms with van der Waals surface area (Å²) in [6.07, 6.45) is 1.70. The van der Waals surface area contributed by atoms with Crippen molar-refractivity contribution in [1.29, 1.82) is 0 Å². The Hall–Kier alpha value is -1.57. The molecule has 0 saturated heterocycles. The van der Waals surface area contributed by atoms with Crippen LogP contribution in [0.5, 0.6) is 11.5 Å². The molecule has 206 valence electrons. The fourth-order valence-electron chi connectivity index (χ4n) is 4.47. The summed E-state index contributed by atoms with van der Waals surface area (Å²) >= 11 is 0. The van der Waals surface area contributed by atoms with E-state index in [1.54, 1.807) is 0 Å². The number of fused-ring (bicyclic) bond motifs is 2. The molecule has 1 atom stereocenters. The first-order chi connectivity index (χ1) is 16.7. The molecule has 0 fully saturated rings. The zero-order valence-electron chi connectivity index (χ0n) is 26.0. The molecule has 0 aliphatic carbocycles. The van der Waals surface area contributed by atoms with Crippen LogP contribution in [0.4, 0.5) is 0 Å². The molecule has 0 N–H and O–H groups in total. The van der Waals surface area contributed by atoms with Gasteiger partial charge in [-0.15, -0.1) is 0 Å². The summed E-state index contributed by atoms with van der Waals surface area (Å²) in [5, 5.41) is 0. The Labute approximate surface area is 228 Å². The third kappa shape index (κ3) is 6.90. The molecular formula is C33H51O3P. The minimum Gasteiger partial charge on any atom is -0.417 e. The normalized spacial score (nSPS) is 16.2. The van der Waals surface area contributed by atoms with Crippen molar-refractivity contribution in [3.63, 3.8) is 0 Å².